The van der Waals surface area contributed by atoms with Gasteiger partial charge in [-0.2, -0.15) is 0 Å². The molecule has 0 heterocycles. The van der Waals surface area contributed by atoms with Crippen LogP contribution in [0.15, 0.2) is 83.8 Å². The second-order valence-electron chi connectivity index (χ2n) is 5.01. The molecule has 0 aliphatic carbocycles. The number of hydrogen-bond acceptors (Lipinski definition) is 2. The molecule has 1 N–H and O–H groups in total. The van der Waals surface area contributed by atoms with Crippen LogP contribution in [0.1, 0.15) is 0 Å². The van der Waals surface area contributed by atoms with Crippen molar-refractivity contribution in [2.24, 2.45) is 0 Å². The summed E-state index contributed by atoms with van der Waals surface area (Å²) in [5.74, 6) is -0.496. The topological polar surface area (TPSA) is 46.2 Å². The first-order valence-electron chi connectivity index (χ1n) is 6.98. The monoisotopic (exact) mass is 327 g/mol. The van der Waals surface area contributed by atoms with Crippen LogP contribution >= 0.6 is 0 Å². The van der Waals surface area contributed by atoms with E-state index in [2.05, 4.69) is 4.72 Å². The van der Waals surface area contributed by atoms with E-state index >= 15 is 0 Å². The number of rotatable bonds is 4. The fourth-order valence-corrected chi connectivity index (χ4v) is 3.27. The van der Waals surface area contributed by atoms with Crippen molar-refractivity contribution in [1.29, 1.82) is 0 Å². The van der Waals surface area contributed by atoms with Crippen LogP contribution in [0, 0.1) is 5.82 Å². The SMILES string of the molecule is O=S(=O)(Nc1cccc(F)c1)c1ccc(-c2ccccc2)cc1. The van der Waals surface area contributed by atoms with Gasteiger partial charge in [-0.1, -0.05) is 48.5 Å². The van der Waals surface area contributed by atoms with E-state index in [0.29, 0.717) is 0 Å². The predicted molar refractivity (Wildman–Crippen MR) is 89.1 cm³/mol. The largest absolute Gasteiger partial charge is 0.280 e. The molecule has 116 valence electrons. The lowest BCUT2D eigenvalue weighted by atomic mass is 10.1. The molecule has 3 rings (SSSR count). The molecule has 0 fully saturated rings. The average Bonchev–Trinajstić information content (AvgIpc) is 2.55. The Balaban J connectivity index is 1.86. The highest BCUT2D eigenvalue weighted by atomic mass is 32.2. The summed E-state index contributed by atoms with van der Waals surface area (Å²) < 4.78 is 40.2. The van der Waals surface area contributed by atoms with Gasteiger partial charge in [0.15, 0.2) is 0 Å². The molecule has 23 heavy (non-hydrogen) atoms. The Hall–Kier alpha value is -2.66. The van der Waals surface area contributed by atoms with Crippen molar-refractivity contribution >= 4 is 15.7 Å². The van der Waals surface area contributed by atoms with Gasteiger partial charge in [0, 0.05) is 0 Å². The molecule has 0 saturated heterocycles. The van der Waals surface area contributed by atoms with E-state index in [1.165, 1.54) is 30.3 Å². The van der Waals surface area contributed by atoms with E-state index in [4.69, 9.17) is 0 Å². The molecule has 0 amide bonds. The summed E-state index contributed by atoms with van der Waals surface area (Å²) in [4.78, 5) is 0.126. The van der Waals surface area contributed by atoms with Gasteiger partial charge in [-0.3, -0.25) is 4.72 Å². The van der Waals surface area contributed by atoms with Crippen LogP contribution in [0.3, 0.4) is 0 Å². The van der Waals surface area contributed by atoms with E-state index in [1.807, 2.05) is 30.3 Å². The zero-order valence-corrected chi connectivity index (χ0v) is 12.9. The Morgan fingerprint density at radius 2 is 1.39 bits per heavy atom. The van der Waals surface area contributed by atoms with Crippen molar-refractivity contribution in [3.63, 3.8) is 0 Å². The molecule has 3 aromatic rings. The maximum absolute atomic E-state index is 13.2. The molecular weight excluding hydrogens is 313 g/mol. The fourth-order valence-electron chi connectivity index (χ4n) is 2.22. The van der Waals surface area contributed by atoms with Crippen molar-refractivity contribution in [3.05, 3.63) is 84.7 Å². The molecule has 0 aliphatic heterocycles. The number of hydrogen-bond donors (Lipinski definition) is 1. The van der Waals surface area contributed by atoms with Gasteiger partial charge < -0.3 is 0 Å². The first-order chi connectivity index (χ1) is 11.0. The second-order valence-corrected chi connectivity index (χ2v) is 6.69. The highest BCUT2D eigenvalue weighted by Gasteiger charge is 2.14. The lowest BCUT2D eigenvalue weighted by Gasteiger charge is -2.09. The van der Waals surface area contributed by atoms with E-state index in [-0.39, 0.29) is 10.6 Å². The third-order valence-corrected chi connectivity index (χ3v) is 4.75. The van der Waals surface area contributed by atoms with Gasteiger partial charge in [-0.05, 0) is 41.5 Å². The summed E-state index contributed by atoms with van der Waals surface area (Å²) in [6.07, 6.45) is 0. The lowest BCUT2D eigenvalue weighted by molar-refractivity contribution is 0.601. The summed E-state index contributed by atoms with van der Waals surface area (Å²) in [7, 11) is -3.75. The molecule has 0 unspecified atom stereocenters. The molecule has 0 radical (unpaired) electrons. The molecule has 0 atom stereocenters. The number of halogens is 1. The Labute approximate surface area is 134 Å². The maximum atomic E-state index is 13.2. The minimum Gasteiger partial charge on any atom is -0.280 e. The van der Waals surface area contributed by atoms with E-state index in [9.17, 15) is 12.8 Å². The first kappa shape index (κ1) is 15.2. The molecule has 3 nitrogen and oxygen atoms in total. The zero-order valence-electron chi connectivity index (χ0n) is 12.1. The van der Waals surface area contributed by atoms with Crippen LogP contribution in [-0.4, -0.2) is 8.42 Å². The van der Waals surface area contributed by atoms with Gasteiger partial charge in [0.25, 0.3) is 10.0 Å². The summed E-state index contributed by atoms with van der Waals surface area (Å²) in [5.41, 5.74) is 2.13. The average molecular weight is 327 g/mol. The summed E-state index contributed by atoms with van der Waals surface area (Å²) in [6, 6.07) is 21.6. The third-order valence-electron chi connectivity index (χ3n) is 3.35. The molecular formula is C18H14FNO2S. The van der Waals surface area contributed by atoms with Gasteiger partial charge >= 0.3 is 0 Å². The third kappa shape index (κ3) is 3.57. The van der Waals surface area contributed by atoms with Crippen LogP contribution in [0.5, 0.6) is 0 Å². The minimum atomic E-state index is -3.75. The molecule has 0 spiro atoms. The van der Waals surface area contributed by atoms with Crippen molar-refractivity contribution in [2.45, 2.75) is 4.90 Å². The van der Waals surface area contributed by atoms with Crippen molar-refractivity contribution in [1.82, 2.24) is 0 Å². The van der Waals surface area contributed by atoms with Crippen LogP contribution in [0.4, 0.5) is 10.1 Å². The molecule has 0 bridgehead atoms. The Morgan fingerprint density at radius 3 is 2.04 bits per heavy atom. The highest BCUT2D eigenvalue weighted by Crippen LogP contribution is 2.22. The quantitative estimate of drug-likeness (QED) is 0.777. The Bertz CT molecular complexity index is 907. The molecule has 5 heteroatoms. The predicted octanol–water partition coefficient (Wildman–Crippen LogP) is 4.29. The fraction of sp³-hybridized carbons (Fsp3) is 0. The molecule has 0 saturated carbocycles. The van der Waals surface area contributed by atoms with Crippen molar-refractivity contribution < 1.29 is 12.8 Å². The van der Waals surface area contributed by atoms with Crippen LogP contribution in [-0.2, 0) is 10.0 Å². The number of nitrogens with one attached hydrogen (secondary N) is 1. The van der Waals surface area contributed by atoms with Gasteiger partial charge in [-0.25, -0.2) is 12.8 Å². The van der Waals surface area contributed by atoms with Crippen molar-refractivity contribution in [3.8, 4) is 11.1 Å². The minimum absolute atomic E-state index is 0.126. The van der Waals surface area contributed by atoms with Gasteiger partial charge in [0.2, 0.25) is 0 Å². The first-order valence-corrected chi connectivity index (χ1v) is 8.47. The van der Waals surface area contributed by atoms with Crippen molar-refractivity contribution in [2.75, 3.05) is 4.72 Å². The molecule has 3 aromatic carbocycles. The van der Waals surface area contributed by atoms with E-state index in [0.717, 1.165) is 17.2 Å². The standard InChI is InChI=1S/C18H14FNO2S/c19-16-7-4-8-17(13-16)20-23(21,22)18-11-9-15(10-12-18)14-5-2-1-3-6-14/h1-13,20H. The highest BCUT2D eigenvalue weighted by molar-refractivity contribution is 7.92. The normalized spacial score (nSPS) is 11.2. The van der Waals surface area contributed by atoms with E-state index < -0.39 is 15.8 Å². The summed E-state index contributed by atoms with van der Waals surface area (Å²) in [6.45, 7) is 0. The van der Waals surface area contributed by atoms with Gasteiger partial charge in [0.05, 0.1) is 10.6 Å². The summed E-state index contributed by atoms with van der Waals surface area (Å²) >= 11 is 0. The molecule has 0 aromatic heterocycles. The maximum Gasteiger partial charge on any atom is 0.261 e. The Kier molecular flexibility index (Phi) is 4.12. The van der Waals surface area contributed by atoms with E-state index in [1.54, 1.807) is 12.1 Å². The number of anilines is 1. The van der Waals surface area contributed by atoms with Gasteiger partial charge in [0.1, 0.15) is 5.82 Å². The number of sulfonamides is 1. The number of benzene rings is 3. The van der Waals surface area contributed by atoms with Crippen LogP contribution in [0.25, 0.3) is 11.1 Å². The summed E-state index contributed by atoms with van der Waals surface area (Å²) in [5, 5.41) is 0. The smallest absolute Gasteiger partial charge is 0.261 e. The lowest BCUT2D eigenvalue weighted by Crippen LogP contribution is -2.12. The van der Waals surface area contributed by atoms with Gasteiger partial charge in [-0.15, -0.1) is 0 Å². The Morgan fingerprint density at radius 1 is 0.739 bits per heavy atom. The second kappa shape index (κ2) is 6.22. The molecule has 0 aliphatic rings. The zero-order chi connectivity index (χ0) is 16.3. The van der Waals surface area contributed by atoms with Crippen LogP contribution in [0.2, 0.25) is 0 Å². The van der Waals surface area contributed by atoms with Crippen LogP contribution < -0.4 is 4.72 Å².